The largest absolute Gasteiger partial charge is 0.462 e. The van der Waals surface area contributed by atoms with Gasteiger partial charge in [-0.1, -0.05) is 13.3 Å². The first kappa shape index (κ1) is 10.8. The van der Waals surface area contributed by atoms with Gasteiger partial charge in [0.25, 0.3) is 0 Å². The van der Waals surface area contributed by atoms with Crippen molar-refractivity contribution in [3.05, 3.63) is 0 Å². The molecule has 0 amide bonds. The molecule has 0 aromatic heterocycles. The zero-order valence-corrected chi connectivity index (χ0v) is 8.23. The minimum atomic E-state index is -0.248. The van der Waals surface area contributed by atoms with Crippen LogP contribution in [0.5, 0.6) is 0 Å². The quantitative estimate of drug-likeness (QED) is 0.524. The van der Waals surface area contributed by atoms with E-state index in [1.54, 1.807) is 0 Å². The summed E-state index contributed by atoms with van der Waals surface area (Å²) >= 11 is 4.11. The maximum atomic E-state index is 11.0. The zero-order valence-electron chi connectivity index (χ0n) is 7.33. The van der Waals surface area contributed by atoms with Gasteiger partial charge in [-0.15, -0.1) is 0 Å². The molecular weight excluding hydrogens is 160 g/mol. The van der Waals surface area contributed by atoms with E-state index in [0.29, 0.717) is 0 Å². The highest BCUT2D eigenvalue weighted by Gasteiger charge is 2.14. The van der Waals surface area contributed by atoms with Crippen molar-refractivity contribution in [3.8, 4) is 0 Å². The summed E-state index contributed by atoms with van der Waals surface area (Å²) < 4.78 is 4.95. The monoisotopic (exact) mass is 176 g/mol. The second-order valence-corrected chi connectivity index (χ2v) is 3.41. The topological polar surface area (TPSA) is 26.3 Å². The van der Waals surface area contributed by atoms with Gasteiger partial charge < -0.3 is 4.74 Å². The number of hydrogen-bond acceptors (Lipinski definition) is 3. The molecule has 1 atom stereocenters. The summed E-state index contributed by atoms with van der Waals surface area (Å²) in [7, 11) is 0. The van der Waals surface area contributed by atoms with Crippen LogP contribution in [0.1, 0.15) is 33.6 Å². The Morgan fingerprint density at radius 3 is 2.45 bits per heavy atom. The molecule has 2 nitrogen and oxygen atoms in total. The summed E-state index contributed by atoms with van der Waals surface area (Å²) in [5.74, 6) is -0.204. The van der Waals surface area contributed by atoms with Crippen molar-refractivity contribution in [2.24, 2.45) is 0 Å². The molecule has 0 spiro atoms. The maximum absolute atomic E-state index is 11.0. The van der Waals surface area contributed by atoms with Crippen LogP contribution in [0.25, 0.3) is 0 Å². The standard InChI is InChI=1S/C8H16O2S/c1-4-5-7(11)8(9)10-6(2)3/h6-7,11H,4-5H2,1-3H3. The Hall–Kier alpha value is -0.180. The van der Waals surface area contributed by atoms with Gasteiger partial charge >= 0.3 is 5.97 Å². The highest BCUT2D eigenvalue weighted by Crippen LogP contribution is 2.07. The SMILES string of the molecule is CCCC(S)C(=O)OC(C)C. The van der Waals surface area contributed by atoms with E-state index < -0.39 is 0 Å². The molecule has 0 bridgehead atoms. The molecule has 0 saturated carbocycles. The lowest BCUT2D eigenvalue weighted by atomic mass is 10.2. The molecule has 0 heterocycles. The number of hydrogen-bond donors (Lipinski definition) is 1. The van der Waals surface area contributed by atoms with Crippen molar-refractivity contribution in [1.29, 1.82) is 0 Å². The lowest BCUT2D eigenvalue weighted by Gasteiger charge is -2.11. The molecule has 66 valence electrons. The molecule has 0 saturated heterocycles. The minimum absolute atomic E-state index is 0.0333. The van der Waals surface area contributed by atoms with Crippen LogP contribution in [-0.2, 0) is 9.53 Å². The van der Waals surface area contributed by atoms with Crippen LogP contribution < -0.4 is 0 Å². The Morgan fingerprint density at radius 2 is 2.09 bits per heavy atom. The van der Waals surface area contributed by atoms with Gasteiger partial charge in [0, 0.05) is 0 Å². The Labute approximate surface area is 73.7 Å². The molecule has 0 aliphatic rings. The first-order valence-corrected chi connectivity index (χ1v) is 4.48. The molecule has 11 heavy (non-hydrogen) atoms. The number of ether oxygens (including phenoxy) is 1. The summed E-state index contributed by atoms with van der Waals surface area (Å²) in [6.07, 6.45) is 1.71. The van der Waals surface area contributed by atoms with Crippen molar-refractivity contribution in [1.82, 2.24) is 0 Å². The van der Waals surface area contributed by atoms with Crippen LogP contribution >= 0.6 is 12.6 Å². The van der Waals surface area contributed by atoms with Crippen LogP contribution in [-0.4, -0.2) is 17.3 Å². The molecule has 0 N–H and O–H groups in total. The average molecular weight is 176 g/mol. The smallest absolute Gasteiger partial charge is 0.319 e. The van der Waals surface area contributed by atoms with Gasteiger partial charge in [0.2, 0.25) is 0 Å². The molecule has 0 radical (unpaired) electrons. The molecule has 0 aromatic rings. The van der Waals surface area contributed by atoms with Crippen molar-refractivity contribution in [3.63, 3.8) is 0 Å². The van der Waals surface area contributed by atoms with Gasteiger partial charge in [-0.05, 0) is 20.3 Å². The first-order chi connectivity index (χ1) is 5.07. The number of rotatable bonds is 4. The van der Waals surface area contributed by atoms with E-state index in [4.69, 9.17) is 4.74 Å². The predicted octanol–water partition coefficient (Wildman–Crippen LogP) is 2.04. The van der Waals surface area contributed by atoms with E-state index in [-0.39, 0.29) is 17.3 Å². The fraction of sp³-hybridized carbons (Fsp3) is 0.875. The normalized spacial score (nSPS) is 13.2. The molecule has 0 fully saturated rings. The fourth-order valence-corrected chi connectivity index (χ4v) is 1.02. The van der Waals surface area contributed by atoms with Crippen LogP contribution in [0.3, 0.4) is 0 Å². The molecule has 3 heteroatoms. The van der Waals surface area contributed by atoms with Crippen LogP contribution in [0.15, 0.2) is 0 Å². The first-order valence-electron chi connectivity index (χ1n) is 3.96. The lowest BCUT2D eigenvalue weighted by molar-refractivity contribution is -0.146. The zero-order chi connectivity index (χ0) is 8.85. The molecule has 1 unspecified atom stereocenters. The fourth-order valence-electron chi connectivity index (χ4n) is 0.702. The third-order valence-corrected chi connectivity index (χ3v) is 1.66. The van der Waals surface area contributed by atoms with E-state index in [1.165, 1.54) is 0 Å². The van der Waals surface area contributed by atoms with E-state index >= 15 is 0 Å². The number of thiol groups is 1. The van der Waals surface area contributed by atoms with Gasteiger partial charge in [0.1, 0.15) is 0 Å². The Bertz CT molecular complexity index is 123. The van der Waals surface area contributed by atoms with Gasteiger partial charge in [-0.25, -0.2) is 0 Å². The molecule has 0 aromatic carbocycles. The van der Waals surface area contributed by atoms with Gasteiger partial charge in [0.15, 0.2) is 0 Å². The van der Waals surface area contributed by atoms with Crippen molar-refractivity contribution >= 4 is 18.6 Å². The summed E-state index contributed by atoms with van der Waals surface area (Å²) in [6, 6.07) is 0. The summed E-state index contributed by atoms with van der Waals surface area (Å²) in [4.78, 5) is 11.0. The second kappa shape index (κ2) is 5.47. The molecular formula is C8H16O2S. The van der Waals surface area contributed by atoms with E-state index in [1.807, 2.05) is 20.8 Å². The number of carbonyl (C=O) groups excluding carboxylic acids is 1. The van der Waals surface area contributed by atoms with Crippen molar-refractivity contribution in [2.75, 3.05) is 0 Å². The lowest BCUT2D eigenvalue weighted by Crippen LogP contribution is -2.21. The highest BCUT2D eigenvalue weighted by atomic mass is 32.1. The van der Waals surface area contributed by atoms with Crippen LogP contribution in [0.2, 0.25) is 0 Å². The number of carbonyl (C=O) groups is 1. The van der Waals surface area contributed by atoms with E-state index in [0.717, 1.165) is 12.8 Å². The van der Waals surface area contributed by atoms with Crippen LogP contribution in [0.4, 0.5) is 0 Å². The summed E-state index contributed by atoms with van der Waals surface area (Å²) in [6.45, 7) is 5.70. The number of esters is 1. The second-order valence-electron chi connectivity index (χ2n) is 2.79. The molecule has 0 rings (SSSR count). The highest BCUT2D eigenvalue weighted by molar-refractivity contribution is 7.81. The van der Waals surface area contributed by atoms with E-state index in [9.17, 15) is 4.79 Å². The van der Waals surface area contributed by atoms with Crippen molar-refractivity contribution in [2.45, 2.75) is 45.0 Å². The van der Waals surface area contributed by atoms with Gasteiger partial charge in [-0.2, -0.15) is 12.6 Å². The Balaban J connectivity index is 3.64. The average Bonchev–Trinajstić information content (AvgIpc) is 1.86. The predicted molar refractivity (Wildman–Crippen MR) is 48.9 cm³/mol. The molecule has 0 aliphatic heterocycles. The van der Waals surface area contributed by atoms with Crippen LogP contribution in [0, 0.1) is 0 Å². The third kappa shape index (κ3) is 5.13. The van der Waals surface area contributed by atoms with Gasteiger partial charge in [0.05, 0.1) is 11.4 Å². The van der Waals surface area contributed by atoms with E-state index in [2.05, 4.69) is 12.6 Å². The Kier molecular flexibility index (Phi) is 5.38. The van der Waals surface area contributed by atoms with Gasteiger partial charge in [-0.3, -0.25) is 4.79 Å². The minimum Gasteiger partial charge on any atom is -0.462 e. The summed E-state index contributed by atoms with van der Waals surface area (Å²) in [5.41, 5.74) is 0. The van der Waals surface area contributed by atoms with Crippen molar-refractivity contribution < 1.29 is 9.53 Å². The Morgan fingerprint density at radius 1 is 1.55 bits per heavy atom. The molecule has 0 aliphatic carbocycles. The third-order valence-electron chi connectivity index (χ3n) is 1.19. The maximum Gasteiger partial charge on any atom is 0.319 e. The summed E-state index contributed by atoms with van der Waals surface area (Å²) in [5, 5.41) is -0.248.